The number of esters is 1. The molecule has 0 heterocycles. The summed E-state index contributed by atoms with van der Waals surface area (Å²) in [6, 6.07) is 7.84. The number of aliphatic hydroxyl groups is 1. The van der Waals surface area contributed by atoms with Gasteiger partial charge in [-0.2, -0.15) is 0 Å². The molecule has 0 aliphatic rings. The molecule has 0 aliphatic heterocycles. The van der Waals surface area contributed by atoms with Crippen molar-refractivity contribution in [1.29, 1.82) is 0 Å². The summed E-state index contributed by atoms with van der Waals surface area (Å²) in [4.78, 5) is 12.0. The molecular weight excluding hydrogens is 264 g/mol. The third-order valence-electron chi connectivity index (χ3n) is 3.99. The van der Waals surface area contributed by atoms with E-state index in [1.165, 1.54) is 5.56 Å². The summed E-state index contributed by atoms with van der Waals surface area (Å²) >= 11 is 0. The molecule has 0 fully saturated rings. The maximum Gasteiger partial charge on any atom is 0.312 e. The molecule has 0 spiro atoms. The van der Waals surface area contributed by atoms with E-state index in [1.807, 2.05) is 31.2 Å². The Bertz CT molecular complexity index is 466. The van der Waals surface area contributed by atoms with Crippen molar-refractivity contribution >= 4 is 5.97 Å². The van der Waals surface area contributed by atoms with E-state index in [-0.39, 0.29) is 11.4 Å². The Hall–Kier alpha value is -1.35. The van der Waals surface area contributed by atoms with E-state index in [4.69, 9.17) is 4.74 Å². The third-order valence-corrected chi connectivity index (χ3v) is 3.99. The zero-order chi connectivity index (χ0) is 16.3. The van der Waals surface area contributed by atoms with E-state index in [0.717, 1.165) is 5.56 Å². The average Bonchev–Trinajstić information content (AvgIpc) is 2.38. The number of carbonyl (C=O) groups is 1. The average molecular weight is 292 g/mol. The minimum absolute atomic E-state index is 0.0652. The van der Waals surface area contributed by atoms with Gasteiger partial charge in [-0.1, -0.05) is 52.0 Å². The monoisotopic (exact) mass is 292 g/mol. The number of ether oxygens (including phenoxy) is 1. The lowest BCUT2D eigenvalue weighted by molar-refractivity contribution is -0.158. The van der Waals surface area contributed by atoms with E-state index < -0.39 is 11.5 Å². The molecule has 0 saturated heterocycles. The summed E-state index contributed by atoms with van der Waals surface area (Å²) in [6.45, 7) is 12.1. The van der Waals surface area contributed by atoms with Crippen LogP contribution in [0.2, 0.25) is 0 Å². The molecule has 1 aromatic carbocycles. The van der Waals surface area contributed by atoms with Gasteiger partial charge in [-0.05, 0) is 36.8 Å². The van der Waals surface area contributed by atoms with Gasteiger partial charge in [0.15, 0.2) is 0 Å². The Morgan fingerprint density at radius 3 is 1.95 bits per heavy atom. The Morgan fingerprint density at radius 1 is 1.10 bits per heavy atom. The van der Waals surface area contributed by atoms with Crippen molar-refractivity contribution in [3.8, 4) is 0 Å². The highest BCUT2D eigenvalue weighted by atomic mass is 16.5. The molecule has 1 aromatic rings. The molecule has 1 rings (SSSR count). The second-order valence-electron chi connectivity index (χ2n) is 6.69. The fourth-order valence-corrected chi connectivity index (χ4v) is 2.55. The molecule has 2 atom stereocenters. The van der Waals surface area contributed by atoms with Crippen molar-refractivity contribution in [2.75, 3.05) is 6.61 Å². The Labute approximate surface area is 128 Å². The molecule has 2 unspecified atom stereocenters. The second-order valence-corrected chi connectivity index (χ2v) is 6.69. The Kier molecular flexibility index (Phi) is 5.57. The van der Waals surface area contributed by atoms with Crippen molar-refractivity contribution in [2.24, 2.45) is 5.92 Å². The number of rotatable bonds is 5. The van der Waals surface area contributed by atoms with Crippen LogP contribution >= 0.6 is 0 Å². The molecule has 0 saturated carbocycles. The van der Waals surface area contributed by atoms with Crippen LogP contribution in [0.5, 0.6) is 0 Å². The molecule has 3 heteroatoms. The standard InChI is InChI=1S/C18H28O3/c1-7-15(16(19)21-8-2)18(6,20)14-11-9-13(10-12-14)17(3,4)5/h9-12,15,20H,7-8H2,1-6H3. The zero-order valence-electron chi connectivity index (χ0n) is 14.1. The SMILES string of the molecule is CCOC(=O)C(CC)C(C)(O)c1ccc(C(C)(C)C)cc1. The second kappa shape index (κ2) is 6.61. The van der Waals surface area contributed by atoms with Crippen LogP contribution in [0, 0.1) is 5.92 Å². The van der Waals surface area contributed by atoms with Crippen LogP contribution in [-0.2, 0) is 20.5 Å². The predicted molar refractivity (Wildman–Crippen MR) is 85.1 cm³/mol. The normalized spacial score (nSPS) is 16.1. The molecule has 0 amide bonds. The van der Waals surface area contributed by atoms with Crippen molar-refractivity contribution in [1.82, 2.24) is 0 Å². The van der Waals surface area contributed by atoms with Crippen molar-refractivity contribution in [2.45, 2.75) is 59.0 Å². The van der Waals surface area contributed by atoms with Crippen LogP contribution in [-0.4, -0.2) is 17.7 Å². The first kappa shape index (κ1) is 17.7. The van der Waals surface area contributed by atoms with Crippen LogP contribution < -0.4 is 0 Å². The van der Waals surface area contributed by atoms with E-state index in [9.17, 15) is 9.90 Å². The van der Waals surface area contributed by atoms with Gasteiger partial charge in [0.05, 0.1) is 12.5 Å². The first-order valence-electron chi connectivity index (χ1n) is 7.64. The highest BCUT2D eigenvalue weighted by Crippen LogP contribution is 2.34. The largest absolute Gasteiger partial charge is 0.466 e. The molecule has 0 aromatic heterocycles. The highest BCUT2D eigenvalue weighted by molar-refractivity contribution is 5.74. The van der Waals surface area contributed by atoms with Crippen molar-refractivity contribution in [3.63, 3.8) is 0 Å². The van der Waals surface area contributed by atoms with E-state index in [2.05, 4.69) is 20.8 Å². The van der Waals surface area contributed by atoms with Gasteiger partial charge < -0.3 is 9.84 Å². The summed E-state index contributed by atoms with van der Waals surface area (Å²) in [7, 11) is 0. The molecule has 1 N–H and O–H groups in total. The van der Waals surface area contributed by atoms with E-state index in [1.54, 1.807) is 13.8 Å². The first-order valence-corrected chi connectivity index (χ1v) is 7.64. The molecule has 3 nitrogen and oxygen atoms in total. The Morgan fingerprint density at radius 2 is 1.57 bits per heavy atom. The Balaban J connectivity index is 3.08. The molecule has 0 bridgehead atoms. The third kappa shape index (κ3) is 4.07. The summed E-state index contributed by atoms with van der Waals surface area (Å²) in [6.07, 6.45) is 0.535. The molecular formula is C18H28O3. The molecule has 0 radical (unpaired) electrons. The number of carbonyl (C=O) groups excluding carboxylic acids is 1. The van der Waals surface area contributed by atoms with Gasteiger partial charge in [-0.15, -0.1) is 0 Å². The summed E-state index contributed by atoms with van der Waals surface area (Å²) in [5, 5.41) is 10.8. The number of hydrogen-bond donors (Lipinski definition) is 1. The number of hydrogen-bond acceptors (Lipinski definition) is 3. The van der Waals surface area contributed by atoms with Gasteiger partial charge in [0.2, 0.25) is 0 Å². The maximum absolute atomic E-state index is 12.0. The van der Waals surface area contributed by atoms with Crippen LogP contribution in [0.4, 0.5) is 0 Å². The van der Waals surface area contributed by atoms with Crippen LogP contribution in [0.25, 0.3) is 0 Å². The fourth-order valence-electron chi connectivity index (χ4n) is 2.55. The summed E-state index contributed by atoms with van der Waals surface area (Å²) < 4.78 is 5.08. The van der Waals surface area contributed by atoms with E-state index >= 15 is 0 Å². The van der Waals surface area contributed by atoms with Gasteiger partial charge >= 0.3 is 5.97 Å². The topological polar surface area (TPSA) is 46.5 Å². The lowest BCUT2D eigenvalue weighted by Gasteiger charge is -2.31. The highest BCUT2D eigenvalue weighted by Gasteiger charge is 2.38. The minimum Gasteiger partial charge on any atom is -0.466 e. The van der Waals surface area contributed by atoms with Crippen LogP contribution in [0.1, 0.15) is 59.1 Å². The zero-order valence-corrected chi connectivity index (χ0v) is 14.1. The van der Waals surface area contributed by atoms with Gasteiger partial charge in [0.1, 0.15) is 5.60 Å². The van der Waals surface area contributed by atoms with Gasteiger partial charge in [-0.3, -0.25) is 4.79 Å². The summed E-state index contributed by atoms with van der Waals surface area (Å²) in [5.74, 6) is -0.900. The fraction of sp³-hybridized carbons (Fsp3) is 0.611. The molecule has 0 aliphatic carbocycles. The minimum atomic E-state index is -1.22. The van der Waals surface area contributed by atoms with Crippen LogP contribution in [0.3, 0.4) is 0 Å². The van der Waals surface area contributed by atoms with Crippen molar-refractivity contribution in [3.05, 3.63) is 35.4 Å². The smallest absolute Gasteiger partial charge is 0.312 e. The van der Waals surface area contributed by atoms with Gasteiger partial charge in [0, 0.05) is 0 Å². The first-order chi connectivity index (χ1) is 9.64. The van der Waals surface area contributed by atoms with E-state index in [0.29, 0.717) is 13.0 Å². The molecule has 118 valence electrons. The number of benzene rings is 1. The summed E-state index contributed by atoms with van der Waals surface area (Å²) in [5.41, 5.74) is 0.786. The molecule has 21 heavy (non-hydrogen) atoms. The van der Waals surface area contributed by atoms with Crippen LogP contribution in [0.15, 0.2) is 24.3 Å². The predicted octanol–water partition coefficient (Wildman–Crippen LogP) is 3.78. The lowest BCUT2D eigenvalue weighted by Crippen LogP contribution is -2.38. The lowest BCUT2D eigenvalue weighted by atomic mass is 9.79. The van der Waals surface area contributed by atoms with Gasteiger partial charge in [0.25, 0.3) is 0 Å². The quantitative estimate of drug-likeness (QED) is 0.840. The van der Waals surface area contributed by atoms with Crippen molar-refractivity contribution < 1.29 is 14.6 Å². The maximum atomic E-state index is 12.0. The van der Waals surface area contributed by atoms with Gasteiger partial charge in [-0.25, -0.2) is 0 Å².